The van der Waals surface area contributed by atoms with Gasteiger partial charge in [-0.25, -0.2) is 15.0 Å². The van der Waals surface area contributed by atoms with Crippen LogP contribution in [-0.4, -0.2) is 37.8 Å². The van der Waals surface area contributed by atoms with E-state index in [4.69, 9.17) is 15.0 Å². The number of rotatable bonds is 7. The summed E-state index contributed by atoms with van der Waals surface area (Å²) in [5, 5.41) is 20.4. The molecule has 0 radical (unpaired) electrons. The molecule has 7 nitrogen and oxygen atoms in total. The van der Waals surface area contributed by atoms with E-state index in [0.29, 0.717) is 18.4 Å². The maximum Gasteiger partial charge on any atom is 0.225 e. The standard InChI is InChI=1S/C23H26N6OS2/c1-14-20(22-28-18-5-3-2-4-16(18)13-32-22)21(27-17-7-6-15(10-17)12-30)29-23(26-14)25-11-19-24-8-9-31-19/h2-5,8-9,15,17,30H,6-7,10-13H2,1H3,(H2,25,26,27,29). The smallest absolute Gasteiger partial charge is 0.225 e. The number of nitrogens with one attached hydrogen (secondary N) is 2. The molecule has 1 aliphatic carbocycles. The minimum atomic E-state index is 0.244. The van der Waals surface area contributed by atoms with Gasteiger partial charge in [0, 0.05) is 30.0 Å². The third-order valence-electron chi connectivity index (χ3n) is 5.90. The topological polar surface area (TPSA) is 95.3 Å². The second-order valence-electron chi connectivity index (χ2n) is 8.17. The molecule has 9 heteroatoms. The van der Waals surface area contributed by atoms with E-state index in [9.17, 15) is 5.11 Å². The van der Waals surface area contributed by atoms with E-state index in [1.165, 1.54) is 5.56 Å². The summed E-state index contributed by atoms with van der Waals surface area (Å²) in [5.41, 5.74) is 4.12. The van der Waals surface area contributed by atoms with Crippen molar-refractivity contribution in [3.63, 3.8) is 0 Å². The van der Waals surface area contributed by atoms with Crippen LogP contribution in [0, 0.1) is 12.8 Å². The number of fused-ring (bicyclic) bond motifs is 1. The van der Waals surface area contributed by atoms with Crippen LogP contribution in [0.25, 0.3) is 0 Å². The fourth-order valence-electron chi connectivity index (χ4n) is 4.23. The maximum atomic E-state index is 9.56. The van der Waals surface area contributed by atoms with Crippen molar-refractivity contribution >= 4 is 45.6 Å². The highest BCUT2D eigenvalue weighted by Gasteiger charge is 2.27. The predicted octanol–water partition coefficient (Wildman–Crippen LogP) is 4.75. The van der Waals surface area contributed by atoms with Crippen LogP contribution in [0.15, 0.2) is 40.8 Å². The summed E-state index contributed by atoms with van der Waals surface area (Å²) in [4.78, 5) is 18.9. The zero-order valence-corrected chi connectivity index (χ0v) is 19.5. The Bertz CT molecular complexity index is 1120. The molecule has 2 unspecified atom stereocenters. The van der Waals surface area contributed by atoms with Gasteiger partial charge >= 0.3 is 0 Å². The summed E-state index contributed by atoms with van der Waals surface area (Å²) in [6.07, 6.45) is 4.81. The summed E-state index contributed by atoms with van der Waals surface area (Å²) in [7, 11) is 0. The van der Waals surface area contributed by atoms with E-state index in [0.717, 1.165) is 57.8 Å². The number of thiazole rings is 1. The highest BCUT2D eigenvalue weighted by atomic mass is 32.2. The largest absolute Gasteiger partial charge is 0.396 e. The molecule has 3 N–H and O–H groups in total. The SMILES string of the molecule is Cc1nc(NCc2nccs2)nc(NC2CCC(CO)C2)c1C1=Nc2ccccc2CS1. The van der Waals surface area contributed by atoms with Crippen molar-refractivity contribution in [3.05, 3.63) is 57.7 Å². The molecule has 32 heavy (non-hydrogen) atoms. The first kappa shape index (κ1) is 21.4. The Morgan fingerprint density at radius 2 is 2.09 bits per heavy atom. The van der Waals surface area contributed by atoms with Crippen molar-refractivity contribution in [1.29, 1.82) is 0 Å². The van der Waals surface area contributed by atoms with Crippen LogP contribution in [0.1, 0.15) is 41.1 Å². The number of thioether (sulfide) groups is 1. The Balaban J connectivity index is 1.47. The molecule has 1 fully saturated rings. The summed E-state index contributed by atoms with van der Waals surface area (Å²) in [6.45, 7) is 2.86. The van der Waals surface area contributed by atoms with Crippen LogP contribution in [0.3, 0.4) is 0 Å². The summed E-state index contributed by atoms with van der Waals surface area (Å²) < 4.78 is 0. The Hall–Kier alpha value is -2.49. The summed E-state index contributed by atoms with van der Waals surface area (Å²) >= 11 is 3.34. The Kier molecular flexibility index (Phi) is 6.38. The minimum absolute atomic E-state index is 0.244. The maximum absolute atomic E-state index is 9.56. The molecule has 0 saturated heterocycles. The second kappa shape index (κ2) is 9.56. The lowest BCUT2D eigenvalue weighted by molar-refractivity contribution is 0.229. The molecule has 0 spiro atoms. The first-order valence-electron chi connectivity index (χ1n) is 10.9. The van der Waals surface area contributed by atoms with Crippen molar-refractivity contribution in [3.8, 4) is 0 Å². The number of aliphatic hydroxyl groups excluding tert-OH is 1. The lowest BCUT2D eigenvalue weighted by Crippen LogP contribution is -2.21. The highest BCUT2D eigenvalue weighted by molar-refractivity contribution is 8.13. The molecule has 2 atom stereocenters. The zero-order valence-electron chi connectivity index (χ0n) is 17.9. The summed E-state index contributed by atoms with van der Waals surface area (Å²) in [6, 6.07) is 8.56. The van der Waals surface area contributed by atoms with Crippen LogP contribution >= 0.6 is 23.1 Å². The van der Waals surface area contributed by atoms with E-state index >= 15 is 0 Å². The molecule has 2 aliphatic rings. The van der Waals surface area contributed by atoms with E-state index in [-0.39, 0.29) is 12.6 Å². The molecule has 5 rings (SSSR count). The van der Waals surface area contributed by atoms with Gasteiger partial charge < -0.3 is 15.7 Å². The number of aryl methyl sites for hydroxylation is 1. The molecule has 0 bridgehead atoms. The van der Waals surface area contributed by atoms with Gasteiger partial charge in [-0.3, -0.25) is 0 Å². The molecule has 3 heterocycles. The number of para-hydroxylation sites is 1. The predicted molar refractivity (Wildman–Crippen MR) is 132 cm³/mol. The lowest BCUT2D eigenvalue weighted by Gasteiger charge is -2.22. The molecule has 0 amide bonds. The molecular weight excluding hydrogens is 440 g/mol. The van der Waals surface area contributed by atoms with Crippen molar-refractivity contribution in [2.75, 3.05) is 17.2 Å². The summed E-state index contributed by atoms with van der Waals surface area (Å²) in [5.74, 6) is 2.64. The van der Waals surface area contributed by atoms with Crippen LogP contribution in [0.2, 0.25) is 0 Å². The fourth-order valence-corrected chi connectivity index (χ4v) is 5.87. The quantitative estimate of drug-likeness (QED) is 0.462. The number of hydrogen-bond donors (Lipinski definition) is 3. The first-order chi connectivity index (χ1) is 15.7. The average molecular weight is 467 g/mol. The number of aliphatic imine (C=N–C) groups is 1. The van der Waals surface area contributed by atoms with Gasteiger partial charge in [-0.1, -0.05) is 18.2 Å². The Morgan fingerprint density at radius 1 is 1.19 bits per heavy atom. The molecular formula is C23H26N6OS2. The second-order valence-corrected chi connectivity index (χ2v) is 10.1. The van der Waals surface area contributed by atoms with Crippen LogP contribution in [0.5, 0.6) is 0 Å². The molecule has 1 saturated carbocycles. The van der Waals surface area contributed by atoms with Gasteiger partial charge in [-0.05, 0) is 43.7 Å². The van der Waals surface area contributed by atoms with E-state index in [1.54, 1.807) is 29.3 Å². The molecule has 1 aromatic carbocycles. The van der Waals surface area contributed by atoms with Gasteiger partial charge in [-0.2, -0.15) is 4.98 Å². The van der Waals surface area contributed by atoms with Gasteiger partial charge in [0.15, 0.2) is 0 Å². The van der Waals surface area contributed by atoms with Crippen LogP contribution in [0.4, 0.5) is 17.5 Å². The van der Waals surface area contributed by atoms with Gasteiger partial charge in [0.2, 0.25) is 5.95 Å². The third-order valence-corrected chi connectivity index (χ3v) is 7.71. The number of aliphatic hydroxyl groups is 1. The van der Waals surface area contributed by atoms with Crippen molar-refractivity contribution in [1.82, 2.24) is 15.0 Å². The third kappa shape index (κ3) is 4.65. The molecule has 2 aromatic heterocycles. The van der Waals surface area contributed by atoms with Crippen molar-refractivity contribution in [2.24, 2.45) is 10.9 Å². The number of hydrogen-bond acceptors (Lipinski definition) is 9. The van der Waals surface area contributed by atoms with Gasteiger partial charge in [0.05, 0.1) is 23.5 Å². The van der Waals surface area contributed by atoms with Gasteiger partial charge in [-0.15, -0.1) is 23.1 Å². The van der Waals surface area contributed by atoms with E-state index < -0.39 is 0 Å². The zero-order chi connectivity index (χ0) is 21.9. The average Bonchev–Trinajstić information content (AvgIpc) is 3.49. The highest BCUT2D eigenvalue weighted by Crippen LogP contribution is 2.37. The first-order valence-corrected chi connectivity index (χ1v) is 12.7. The minimum Gasteiger partial charge on any atom is -0.396 e. The van der Waals surface area contributed by atoms with Crippen molar-refractivity contribution in [2.45, 2.75) is 44.5 Å². The molecule has 1 aliphatic heterocycles. The van der Waals surface area contributed by atoms with Gasteiger partial charge in [0.25, 0.3) is 0 Å². The monoisotopic (exact) mass is 466 g/mol. The van der Waals surface area contributed by atoms with Gasteiger partial charge in [0.1, 0.15) is 15.9 Å². The van der Waals surface area contributed by atoms with E-state index in [2.05, 4.69) is 33.8 Å². The number of aromatic nitrogens is 3. The number of anilines is 2. The van der Waals surface area contributed by atoms with E-state index in [1.807, 2.05) is 18.4 Å². The van der Waals surface area contributed by atoms with Crippen LogP contribution in [-0.2, 0) is 12.3 Å². The number of nitrogens with zero attached hydrogens (tertiary/aromatic N) is 4. The Morgan fingerprint density at radius 3 is 2.91 bits per heavy atom. The normalized spacial score (nSPS) is 20.0. The lowest BCUT2D eigenvalue weighted by atomic mass is 10.1. The molecule has 166 valence electrons. The van der Waals surface area contributed by atoms with Crippen LogP contribution < -0.4 is 10.6 Å². The molecule has 3 aromatic rings. The fraction of sp³-hybridized carbons (Fsp3) is 0.391. The Labute approximate surface area is 195 Å². The van der Waals surface area contributed by atoms with Crippen molar-refractivity contribution < 1.29 is 5.11 Å². The number of benzene rings is 1.